The molecule has 5 heteroatoms. The minimum absolute atomic E-state index is 0.182. The molecule has 0 aromatic heterocycles. The lowest BCUT2D eigenvalue weighted by Gasteiger charge is -2.43. The fourth-order valence-electron chi connectivity index (χ4n) is 2.07. The Morgan fingerprint density at radius 2 is 2.11 bits per heavy atom. The SMILES string of the molecule is CCOC1(C)CCN(C(=O)OC(C)(C)C)CC1N. The summed E-state index contributed by atoms with van der Waals surface area (Å²) in [6, 6.07) is -0.182. The number of likely N-dealkylation sites (tertiary alicyclic amines) is 1. The topological polar surface area (TPSA) is 64.8 Å². The van der Waals surface area contributed by atoms with Crippen LogP contribution in [-0.2, 0) is 9.47 Å². The highest BCUT2D eigenvalue weighted by Gasteiger charge is 2.40. The molecule has 106 valence electrons. The van der Waals surface area contributed by atoms with Crippen LogP contribution in [0.25, 0.3) is 0 Å². The van der Waals surface area contributed by atoms with Gasteiger partial charge in [0, 0.05) is 19.7 Å². The van der Waals surface area contributed by atoms with Crippen molar-refractivity contribution in [2.75, 3.05) is 19.7 Å². The van der Waals surface area contributed by atoms with Gasteiger partial charge in [0.2, 0.25) is 0 Å². The van der Waals surface area contributed by atoms with Crippen LogP contribution in [0.1, 0.15) is 41.0 Å². The van der Waals surface area contributed by atoms with Gasteiger partial charge in [-0.3, -0.25) is 0 Å². The molecule has 2 N–H and O–H groups in total. The average Bonchev–Trinajstić information content (AvgIpc) is 2.20. The van der Waals surface area contributed by atoms with Crippen molar-refractivity contribution >= 4 is 6.09 Å². The Balaban J connectivity index is 2.58. The molecular weight excluding hydrogens is 232 g/mol. The summed E-state index contributed by atoms with van der Waals surface area (Å²) >= 11 is 0. The second kappa shape index (κ2) is 5.45. The van der Waals surface area contributed by atoms with Gasteiger partial charge < -0.3 is 20.1 Å². The third-order valence-corrected chi connectivity index (χ3v) is 3.21. The van der Waals surface area contributed by atoms with Gasteiger partial charge in [-0.2, -0.15) is 0 Å². The summed E-state index contributed by atoms with van der Waals surface area (Å²) in [5.41, 5.74) is 5.31. The monoisotopic (exact) mass is 258 g/mol. The molecule has 18 heavy (non-hydrogen) atoms. The quantitative estimate of drug-likeness (QED) is 0.819. The van der Waals surface area contributed by atoms with E-state index in [1.807, 2.05) is 34.6 Å². The van der Waals surface area contributed by atoms with Gasteiger partial charge in [-0.1, -0.05) is 0 Å². The minimum atomic E-state index is -0.470. The molecule has 1 heterocycles. The summed E-state index contributed by atoms with van der Waals surface area (Å²) in [6.07, 6.45) is 0.442. The fraction of sp³-hybridized carbons (Fsp3) is 0.923. The standard InChI is InChI=1S/C13H26N2O3/c1-6-17-13(5)7-8-15(9-10(13)14)11(16)18-12(2,3)4/h10H,6-9,14H2,1-5H3. The molecule has 1 amide bonds. The second-order valence-electron chi connectivity index (χ2n) is 6.03. The number of hydrogen-bond acceptors (Lipinski definition) is 4. The summed E-state index contributed by atoms with van der Waals surface area (Å²) in [7, 11) is 0. The highest BCUT2D eigenvalue weighted by molar-refractivity contribution is 5.68. The van der Waals surface area contributed by atoms with Crippen LogP contribution in [0.3, 0.4) is 0 Å². The van der Waals surface area contributed by atoms with Crippen LogP contribution in [-0.4, -0.2) is 47.9 Å². The Hall–Kier alpha value is -0.810. The van der Waals surface area contributed by atoms with Crippen LogP contribution in [0.2, 0.25) is 0 Å². The number of piperidine rings is 1. The predicted octanol–water partition coefficient (Wildman–Crippen LogP) is 1.75. The molecule has 0 aliphatic carbocycles. The minimum Gasteiger partial charge on any atom is -0.444 e. The van der Waals surface area contributed by atoms with Gasteiger partial charge in [0.15, 0.2) is 0 Å². The summed E-state index contributed by atoms with van der Waals surface area (Å²) in [5, 5.41) is 0. The first-order chi connectivity index (χ1) is 8.18. The Morgan fingerprint density at radius 3 is 2.56 bits per heavy atom. The van der Waals surface area contributed by atoms with Gasteiger partial charge in [-0.25, -0.2) is 4.79 Å². The maximum absolute atomic E-state index is 11.9. The maximum atomic E-state index is 11.9. The predicted molar refractivity (Wildman–Crippen MR) is 70.4 cm³/mol. The van der Waals surface area contributed by atoms with Crippen LogP contribution in [0.5, 0.6) is 0 Å². The van der Waals surface area contributed by atoms with Crippen molar-refractivity contribution < 1.29 is 14.3 Å². The van der Waals surface area contributed by atoms with E-state index in [4.69, 9.17) is 15.2 Å². The summed E-state index contributed by atoms with van der Waals surface area (Å²) in [6.45, 7) is 11.3. The molecule has 2 atom stereocenters. The first kappa shape index (κ1) is 15.2. The fourth-order valence-corrected chi connectivity index (χ4v) is 2.07. The van der Waals surface area contributed by atoms with Gasteiger partial charge in [0.1, 0.15) is 5.60 Å². The molecule has 5 nitrogen and oxygen atoms in total. The lowest BCUT2D eigenvalue weighted by atomic mass is 9.89. The zero-order valence-electron chi connectivity index (χ0n) is 12.2. The van der Waals surface area contributed by atoms with Crippen molar-refractivity contribution in [1.29, 1.82) is 0 Å². The van der Waals surface area contributed by atoms with E-state index in [0.717, 1.165) is 6.42 Å². The molecule has 1 aliphatic heterocycles. The van der Waals surface area contributed by atoms with Crippen molar-refractivity contribution in [2.45, 2.75) is 58.3 Å². The van der Waals surface area contributed by atoms with Crippen LogP contribution in [0, 0.1) is 0 Å². The molecule has 0 aromatic rings. The molecule has 1 aliphatic rings. The van der Waals surface area contributed by atoms with Gasteiger partial charge in [-0.05, 0) is 41.0 Å². The number of hydrogen-bond donors (Lipinski definition) is 1. The number of ether oxygens (including phenoxy) is 2. The Kier molecular flexibility index (Phi) is 4.61. The van der Waals surface area contributed by atoms with E-state index in [-0.39, 0.29) is 17.7 Å². The zero-order valence-corrected chi connectivity index (χ0v) is 12.2. The van der Waals surface area contributed by atoms with Crippen molar-refractivity contribution in [3.63, 3.8) is 0 Å². The molecule has 1 saturated heterocycles. The Labute approximate surface area is 110 Å². The van der Waals surface area contributed by atoms with Crippen molar-refractivity contribution in [3.8, 4) is 0 Å². The van der Waals surface area contributed by atoms with Gasteiger partial charge in [0.25, 0.3) is 0 Å². The van der Waals surface area contributed by atoms with E-state index >= 15 is 0 Å². The van der Waals surface area contributed by atoms with E-state index in [1.165, 1.54) is 0 Å². The number of carbonyl (C=O) groups is 1. The highest BCUT2D eigenvalue weighted by atomic mass is 16.6. The first-order valence-corrected chi connectivity index (χ1v) is 6.55. The molecule has 1 rings (SSSR count). The largest absolute Gasteiger partial charge is 0.444 e. The summed E-state index contributed by atoms with van der Waals surface area (Å²) in [4.78, 5) is 13.6. The third kappa shape index (κ3) is 3.85. The van der Waals surface area contributed by atoms with E-state index in [1.54, 1.807) is 4.90 Å². The molecule has 0 spiro atoms. The highest BCUT2D eigenvalue weighted by Crippen LogP contribution is 2.26. The molecular formula is C13H26N2O3. The van der Waals surface area contributed by atoms with Crippen LogP contribution >= 0.6 is 0 Å². The maximum Gasteiger partial charge on any atom is 0.410 e. The number of carbonyl (C=O) groups excluding carboxylic acids is 1. The molecule has 2 unspecified atom stereocenters. The number of nitrogens with two attached hydrogens (primary N) is 1. The van der Waals surface area contributed by atoms with E-state index < -0.39 is 5.60 Å². The van der Waals surface area contributed by atoms with Crippen molar-refractivity contribution in [3.05, 3.63) is 0 Å². The summed E-state index contributed by atoms with van der Waals surface area (Å²) < 4.78 is 11.1. The van der Waals surface area contributed by atoms with Gasteiger partial charge >= 0.3 is 6.09 Å². The normalized spacial score (nSPS) is 29.2. The van der Waals surface area contributed by atoms with Crippen molar-refractivity contribution in [2.24, 2.45) is 5.73 Å². The lowest BCUT2D eigenvalue weighted by molar-refractivity contribution is -0.0804. The number of amides is 1. The van der Waals surface area contributed by atoms with Crippen molar-refractivity contribution in [1.82, 2.24) is 4.90 Å². The second-order valence-corrected chi connectivity index (χ2v) is 6.03. The molecule has 1 fully saturated rings. The Morgan fingerprint density at radius 1 is 1.50 bits per heavy atom. The number of rotatable bonds is 2. The zero-order chi connectivity index (χ0) is 14.0. The first-order valence-electron chi connectivity index (χ1n) is 6.55. The van der Waals surface area contributed by atoms with E-state index in [2.05, 4.69) is 0 Å². The average molecular weight is 258 g/mol. The summed E-state index contributed by atoms with van der Waals surface area (Å²) in [5.74, 6) is 0. The molecule has 0 bridgehead atoms. The lowest BCUT2D eigenvalue weighted by Crippen LogP contribution is -2.60. The van der Waals surface area contributed by atoms with Crippen LogP contribution in [0.4, 0.5) is 4.79 Å². The van der Waals surface area contributed by atoms with Gasteiger partial charge in [0.05, 0.1) is 11.6 Å². The Bertz CT molecular complexity index is 301. The number of nitrogens with zero attached hydrogens (tertiary/aromatic N) is 1. The van der Waals surface area contributed by atoms with Crippen LogP contribution < -0.4 is 5.73 Å². The van der Waals surface area contributed by atoms with E-state index in [0.29, 0.717) is 19.7 Å². The van der Waals surface area contributed by atoms with Crippen LogP contribution in [0.15, 0.2) is 0 Å². The smallest absolute Gasteiger partial charge is 0.410 e. The third-order valence-electron chi connectivity index (χ3n) is 3.21. The van der Waals surface area contributed by atoms with Gasteiger partial charge in [-0.15, -0.1) is 0 Å². The molecule has 0 radical (unpaired) electrons. The van der Waals surface area contributed by atoms with E-state index in [9.17, 15) is 4.79 Å². The molecule has 0 saturated carbocycles. The molecule has 0 aromatic carbocycles.